The lowest BCUT2D eigenvalue weighted by atomic mass is 9.83. The molecule has 2 atom stereocenters. The van der Waals surface area contributed by atoms with E-state index in [-0.39, 0.29) is 24.3 Å². The molecule has 0 bridgehead atoms. The molecule has 2 fully saturated rings. The summed E-state index contributed by atoms with van der Waals surface area (Å²) in [6, 6.07) is 10.7. The zero-order valence-electron chi connectivity index (χ0n) is 21.1. The number of piperidine rings is 1. The van der Waals surface area contributed by atoms with Gasteiger partial charge < -0.3 is 19.7 Å². The molecule has 7 heteroatoms. The van der Waals surface area contributed by atoms with Crippen LogP contribution in [0.5, 0.6) is 0 Å². The van der Waals surface area contributed by atoms with E-state index in [1.165, 1.54) is 5.56 Å². The summed E-state index contributed by atoms with van der Waals surface area (Å²) < 4.78 is 24.4. The highest BCUT2D eigenvalue weighted by Crippen LogP contribution is 2.34. The minimum absolute atomic E-state index is 0.0557. The third kappa shape index (κ3) is 8.37. The van der Waals surface area contributed by atoms with E-state index in [1.54, 1.807) is 12.5 Å². The average Bonchev–Trinajstić information content (AvgIpc) is 2.75. The number of amides is 1. The van der Waals surface area contributed by atoms with Crippen molar-refractivity contribution >= 4 is 16.0 Å². The maximum Gasteiger partial charge on any atom is 0.410 e. The number of nitrogens with zero attached hydrogens (tertiary/aromatic N) is 1. The Hall–Kier alpha value is -1.44. The van der Waals surface area contributed by atoms with Gasteiger partial charge in [-0.1, -0.05) is 40.3 Å². The minimum atomic E-state index is -2.20. The number of hydrogen-bond donors (Lipinski definition) is 2. The van der Waals surface area contributed by atoms with Crippen molar-refractivity contribution in [2.75, 3.05) is 31.5 Å². The molecule has 1 saturated carbocycles. The fraction of sp³-hybridized carbons (Fsp3) is 0.731. The van der Waals surface area contributed by atoms with Crippen LogP contribution in [0.25, 0.3) is 0 Å². The van der Waals surface area contributed by atoms with Crippen molar-refractivity contribution in [1.29, 1.82) is 0 Å². The summed E-state index contributed by atoms with van der Waals surface area (Å²) in [7, 11) is -2.20. The van der Waals surface area contributed by atoms with Crippen LogP contribution in [-0.2, 0) is 19.4 Å². The van der Waals surface area contributed by atoms with Gasteiger partial charge in [0.15, 0.2) is 0 Å². The van der Waals surface area contributed by atoms with Crippen molar-refractivity contribution in [3.05, 3.63) is 35.9 Å². The molecule has 33 heavy (non-hydrogen) atoms. The van der Waals surface area contributed by atoms with Crippen molar-refractivity contribution in [3.63, 3.8) is 0 Å². The molecule has 1 aliphatic carbocycles. The number of benzene rings is 1. The monoisotopic (exact) mass is 480 g/mol. The molecule has 0 radical (unpaired) electrons. The highest BCUT2D eigenvalue weighted by molar-refractivity contribution is 8.01. The van der Waals surface area contributed by atoms with E-state index in [9.17, 15) is 9.00 Å². The van der Waals surface area contributed by atoms with Gasteiger partial charge in [0.1, 0.15) is 5.60 Å². The molecule has 188 valence electrons. The largest absolute Gasteiger partial charge is 0.444 e. The molecule has 1 N–H and O–H groups in total. The van der Waals surface area contributed by atoms with Crippen LogP contribution in [0.15, 0.2) is 30.3 Å². The molecule has 1 amide bonds. The first-order valence-electron chi connectivity index (χ1n) is 12.5. The average molecular weight is 481 g/mol. The first kappa shape index (κ1) is 26.2. The number of carbonyl (C=O) groups excluding carboxylic acids is 1. The van der Waals surface area contributed by atoms with Crippen LogP contribution in [0, 0.1) is 0 Å². The van der Waals surface area contributed by atoms with Gasteiger partial charge in [-0.2, -0.15) is 0 Å². The van der Waals surface area contributed by atoms with Gasteiger partial charge >= 0.3 is 6.09 Å². The summed E-state index contributed by atoms with van der Waals surface area (Å²) >= 11 is 0. The molecule has 1 saturated heterocycles. The van der Waals surface area contributed by atoms with Gasteiger partial charge in [-0.25, -0.2) is 4.79 Å². The maximum absolute atomic E-state index is 13.0. The molecular weight excluding hydrogens is 436 g/mol. The highest BCUT2D eigenvalue weighted by atomic mass is 32.2. The topological polar surface area (TPSA) is 67.9 Å². The van der Waals surface area contributed by atoms with Gasteiger partial charge in [0.25, 0.3) is 0 Å². The van der Waals surface area contributed by atoms with Crippen LogP contribution >= 0.6 is 0 Å². The molecule has 0 unspecified atom stereocenters. The van der Waals surface area contributed by atoms with E-state index < -0.39 is 15.5 Å². The first-order valence-corrected chi connectivity index (χ1v) is 15.2. The second kappa shape index (κ2) is 11.3. The zero-order valence-corrected chi connectivity index (χ0v) is 22.0. The van der Waals surface area contributed by atoms with E-state index in [0.717, 1.165) is 38.5 Å². The van der Waals surface area contributed by atoms with Gasteiger partial charge in [-0.05, 0) is 83.3 Å². The Kier molecular flexibility index (Phi) is 8.98. The standard InChI is InChI=1S/C26H44N2O4S/c1-26(2,3)32-25(29)28-17-9-12-23(27-19-33(4,5)30)24(28)18-31-22-15-13-21(14-16-22)20-10-7-6-8-11-20/h6-8,10-11,21-24,27,33H,9,12-19H2,1-5H3/t21-,22+,23-,24-/m0/s1. The second-order valence-corrected chi connectivity index (χ2v) is 14.6. The van der Waals surface area contributed by atoms with Crippen molar-refractivity contribution in [2.45, 2.75) is 89.0 Å². The van der Waals surface area contributed by atoms with Crippen LogP contribution in [0.3, 0.4) is 0 Å². The van der Waals surface area contributed by atoms with Crippen LogP contribution < -0.4 is 5.32 Å². The zero-order chi connectivity index (χ0) is 24.1. The van der Waals surface area contributed by atoms with Gasteiger partial charge in [-0.15, -0.1) is 0 Å². The van der Waals surface area contributed by atoms with Crippen molar-refractivity contribution in [2.24, 2.45) is 0 Å². The van der Waals surface area contributed by atoms with E-state index in [2.05, 4.69) is 35.6 Å². The summed E-state index contributed by atoms with van der Waals surface area (Å²) in [5.74, 6) is 1.08. The summed E-state index contributed by atoms with van der Waals surface area (Å²) in [5, 5.41) is 3.48. The molecular formula is C26H44N2O4S. The number of nitrogens with one attached hydrogen (secondary N) is 1. The van der Waals surface area contributed by atoms with Crippen LogP contribution in [0.1, 0.15) is 70.8 Å². The number of carbonyl (C=O) groups is 1. The fourth-order valence-electron chi connectivity index (χ4n) is 4.91. The Balaban J connectivity index is 1.61. The third-order valence-electron chi connectivity index (χ3n) is 6.59. The lowest BCUT2D eigenvalue weighted by Crippen LogP contribution is -2.59. The number of rotatable bonds is 7. The number of hydrogen-bond acceptors (Lipinski definition) is 5. The lowest BCUT2D eigenvalue weighted by Gasteiger charge is -2.43. The summed E-state index contributed by atoms with van der Waals surface area (Å²) in [6.07, 6.45) is 9.70. The number of thiol groups is 1. The summed E-state index contributed by atoms with van der Waals surface area (Å²) in [4.78, 5) is 14.8. The molecule has 1 heterocycles. The third-order valence-corrected chi connectivity index (χ3v) is 7.53. The first-order chi connectivity index (χ1) is 15.5. The van der Waals surface area contributed by atoms with Gasteiger partial charge in [0, 0.05) is 18.5 Å². The van der Waals surface area contributed by atoms with Crippen molar-refractivity contribution in [3.8, 4) is 0 Å². The van der Waals surface area contributed by atoms with Gasteiger partial charge in [0.2, 0.25) is 0 Å². The number of ether oxygens (including phenoxy) is 2. The molecule has 3 rings (SSSR count). The molecule has 1 aliphatic heterocycles. The molecule has 0 spiro atoms. The predicted octanol–water partition coefficient (Wildman–Crippen LogP) is 4.32. The summed E-state index contributed by atoms with van der Waals surface area (Å²) in [6.45, 7) is 6.83. The van der Waals surface area contributed by atoms with Gasteiger partial charge in [0.05, 0.1) is 18.8 Å². The molecule has 6 nitrogen and oxygen atoms in total. The van der Waals surface area contributed by atoms with E-state index in [1.807, 2.05) is 25.7 Å². The second-order valence-electron chi connectivity index (χ2n) is 11.1. The molecule has 0 aromatic heterocycles. The molecule has 2 aliphatic rings. The highest BCUT2D eigenvalue weighted by Gasteiger charge is 2.37. The normalized spacial score (nSPS) is 27.2. The number of likely N-dealkylation sites (tertiary alicyclic amines) is 1. The SMILES string of the molecule is CC(C)(C)OC(=O)N1CCC[C@H](NC[SH](C)(C)=O)[C@@H]1CO[C@H]1CC[C@@H](c2ccccc2)CC1. The van der Waals surface area contributed by atoms with E-state index in [0.29, 0.717) is 24.9 Å². The Labute approximate surface area is 201 Å². The lowest BCUT2D eigenvalue weighted by molar-refractivity contribution is -0.0406. The summed E-state index contributed by atoms with van der Waals surface area (Å²) in [5.41, 5.74) is 0.883. The van der Waals surface area contributed by atoms with Crippen molar-refractivity contribution < 1.29 is 18.5 Å². The van der Waals surface area contributed by atoms with Gasteiger partial charge in [-0.3, -0.25) is 4.21 Å². The molecule has 1 aromatic rings. The van der Waals surface area contributed by atoms with Crippen LogP contribution in [0.4, 0.5) is 4.79 Å². The van der Waals surface area contributed by atoms with Crippen LogP contribution in [0.2, 0.25) is 0 Å². The Morgan fingerprint density at radius 2 is 1.76 bits per heavy atom. The molecule has 1 aromatic carbocycles. The quantitative estimate of drug-likeness (QED) is 0.569. The fourth-order valence-corrected chi connectivity index (χ4v) is 5.58. The predicted molar refractivity (Wildman–Crippen MR) is 137 cm³/mol. The minimum Gasteiger partial charge on any atom is -0.444 e. The van der Waals surface area contributed by atoms with E-state index in [4.69, 9.17) is 9.47 Å². The van der Waals surface area contributed by atoms with E-state index >= 15 is 0 Å². The Bertz CT molecular complexity index is 796. The van der Waals surface area contributed by atoms with Crippen molar-refractivity contribution in [1.82, 2.24) is 10.2 Å². The Morgan fingerprint density at radius 3 is 2.36 bits per heavy atom. The Morgan fingerprint density at radius 1 is 1.09 bits per heavy atom. The maximum atomic E-state index is 13.0. The smallest absolute Gasteiger partial charge is 0.410 e. The van der Waals surface area contributed by atoms with Crippen LogP contribution in [-0.4, -0.2) is 70.5 Å².